The third-order valence-electron chi connectivity index (χ3n) is 5.18. The molecule has 184 valence electrons. The van der Waals surface area contributed by atoms with Gasteiger partial charge in [0.25, 0.3) is 5.91 Å². The molecule has 2 amide bonds. The summed E-state index contributed by atoms with van der Waals surface area (Å²) in [6.07, 6.45) is 0. The van der Waals surface area contributed by atoms with E-state index in [-0.39, 0.29) is 23.8 Å². The van der Waals surface area contributed by atoms with Crippen molar-refractivity contribution in [3.8, 4) is 0 Å². The van der Waals surface area contributed by atoms with Gasteiger partial charge in [-0.25, -0.2) is 10.2 Å². The van der Waals surface area contributed by atoms with Crippen LogP contribution in [0.4, 0.5) is 5.69 Å². The highest BCUT2D eigenvalue weighted by atomic mass is 16.5. The van der Waals surface area contributed by atoms with Gasteiger partial charge < -0.3 is 15.3 Å². The summed E-state index contributed by atoms with van der Waals surface area (Å²) >= 11 is 0. The van der Waals surface area contributed by atoms with Crippen LogP contribution in [0.5, 0.6) is 0 Å². The Kier molecular flexibility index (Phi) is 9.05. The van der Waals surface area contributed by atoms with Gasteiger partial charge in [0.1, 0.15) is 0 Å². The molecule has 3 N–H and O–H groups in total. The van der Waals surface area contributed by atoms with Crippen molar-refractivity contribution in [3.05, 3.63) is 102 Å². The number of ether oxygens (including phenoxy) is 1. The molecule has 36 heavy (non-hydrogen) atoms. The molecule has 0 atom stereocenters. The average molecular weight is 487 g/mol. The second-order valence-electron chi connectivity index (χ2n) is 7.63. The van der Waals surface area contributed by atoms with Gasteiger partial charge in [-0.3, -0.25) is 9.59 Å². The van der Waals surface area contributed by atoms with Crippen molar-refractivity contribution >= 4 is 34.9 Å². The van der Waals surface area contributed by atoms with Crippen LogP contribution in [0.1, 0.15) is 41.3 Å². The largest absolute Gasteiger partial charge is 0.461 e. The van der Waals surface area contributed by atoms with Crippen molar-refractivity contribution in [2.75, 3.05) is 11.9 Å². The van der Waals surface area contributed by atoms with Crippen LogP contribution in [0.15, 0.2) is 95.2 Å². The van der Waals surface area contributed by atoms with Crippen molar-refractivity contribution in [2.45, 2.75) is 19.8 Å². The second kappa shape index (κ2) is 12.6. The van der Waals surface area contributed by atoms with Gasteiger partial charge in [0, 0.05) is 11.3 Å². The fourth-order valence-electron chi connectivity index (χ4n) is 3.42. The van der Waals surface area contributed by atoms with Gasteiger partial charge in [0.15, 0.2) is 0 Å². The van der Waals surface area contributed by atoms with E-state index < -0.39 is 23.5 Å². The van der Waals surface area contributed by atoms with E-state index in [2.05, 4.69) is 21.0 Å². The third kappa shape index (κ3) is 6.63. The minimum absolute atomic E-state index is 0.0268. The molecular formula is C27H26N4O5. The predicted octanol–water partition coefficient (Wildman–Crippen LogP) is 3.96. The molecule has 0 heterocycles. The monoisotopic (exact) mass is 486 g/mol. The van der Waals surface area contributed by atoms with Crippen molar-refractivity contribution < 1.29 is 24.3 Å². The van der Waals surface area contributed by atoms with E-state index in [1.165, 1.54) is 19.1 Å². The Hall–Kier alpha value is -4.79. The Balaban J connectivity index is 1.70. The molecule has 0 aliphatic rings. The van der Waals surface area contributed by atoms with E-state index in [0.717, 1.165) is 11.1 Å². The number of anilines is 1. The van der Waals surface area contributed by atoms with E-state index in [1.807, 2.05) is 60.7 Å². The van der Waals surface area contributed by atoms with Crippen LogP contribution in [0.25, 0.3) is 0 Å². The molecule has 0 aliphatic carbocycles. The van der Waals surface area contributed by atoms with Gasteiger partial charge in [-0.1, -0.05) is 65.8 Å². The number of esters is 1. The Morgan fingerprint density at radius 2 is 1.44 bits per heavy atom. The molecule has 0 aromatic heterocycles. The first-order valence-electron chi connectivity index (χ1n) is 11.2. The highest BCUT2D eigenvalue weighted by molar-refractivity contribution is 6.65. The molecule has 3 aromatic rings. The van der Waals surface area contributed by atoms with Crippen molar-refractivity contribution in [1.82, 2.24) is 5.43 Å². The van der Waals surface area contributed by atoms with Crippen molar-refractivity contribution in [2.24, 2.45) is 10.3 Å². The number of benzene rings is 3. The molecule has 0 saturated carbocycles. The molecule has 0 saturated heterocycles. The zero-order valence-electron chi connectivity index (χ0n) is 19.8. The van der Waals surface area contributed by atoms with Crippen LogP contribution in [-0.2, 0) is 14.3 Å². The summed E-state index contributed by atoms with van der Waals surface area (Å²) in [7, 11) is 0. The van der Waals surface area contributed by atoms with E-state index in [0.29, 0.717) is 5.69 Å². The quantitative estimate of drug-likeness (QED) is 0.182. The Labute approximate surface area is 208 Å². The summed E-state index contributed by atoms with van der Waals surface area (Å²) in [5.41, 5.74) is 4.36. The third-order valence-corrected chi connectivity index (χ3v) is 5.18. The van der Waals surface area contributed by atoms with Gasteiger partial charge in [-0.15, -0.1) is 0 Å². The molecule has 0 spiro atoms. The zero-order valence-corrected chi connectivity index (χ0v) is 19.8. The second-order valence-corrected chi connectivity index (χ2v) is 7.63. The summed E-state index contributed by atoms with van der Waals surface area (Å²) in [4.78, 5) is 37.4. The molecular weight excluding hydrogens is 460 g/mol. The first-order valence-corrected chi connectivity index (χ1v) is 11.2. The summed E-state index contributed by atoms with van der Waals surface area (Å²) in [6, 6.07) is 25.2. The van der Waals surface area contributed by atoms with Crippen LogP contribution >= 0.6 is 0 Å². The maximum absolute atomic E-state index is 13.2. The number of nitrogens with one attached hydrogen (secondary N) is 2. The maximum atomic E-state index is 13.2. The van der Waals surface area contributed by atoms with Crippen LogP contribution in [0.3, 0.4) is 0 Å². The zero-order chi connectivity index (χ0) is 25.9. The number of hydrogen-bond acceptors (Lipinski definition) is 7. The molecule has 0 aliphatic heterocycles. The molecule has 0 bridgehead atoms. The SMILES string of the molecule is CCOC(=O)C(=N\O)/C(C)=N/NC(=O)c1ccc(NC(=O)C(c2ccccc2)c2ccccc2)cc1. The maximum Gasteiger partial charge on any atom is 0.362 e. The van der Waals surface area contributed by atoms with Crippen LogP contribution in [0.2, 0.25) is 0 Å². The highest BCUT2D eigenvalue weighted by Gasteiger charge is 2.23. The van der Waals surface area contributed by atoms with Crippen molar-refractivity contribution in [1.29, 1.82) is 0 Å². The molecule has 9 nitrogen and oxygen atoms in total. The first kappa shape index (κ1) is 25.8. The number of oxime groups is 1. The van der Waals surface area contributed by atoms with Gasteiger partial charge in [0.05, 0.1) is 18.2 Å². The summed E-state index contributed by atoms with van der Waals surface area (Å²) in [6.45, 7) is 3.09. The molecule has 0 fully saturated rings. The topological polar surface area (TPSA) is 129 Å². The standard InChI is InChI=1S/C27H26N4O5/c1-3-36-27(34)24(31-35)18(2)29-30-25(32)21-14-16-22(17-15-21)28-26(33)23(19-10-6-4-7-11-19)20-12-8-5-9-13-20/h4-17,23,35H,3H2,1-2H3,(H,28,33)(H,30,32)/b29-18+,31-24-. The number of hydrazone groups is 1. The van der Waals surface area contributed by atoms with E-state index in [9.17, 15) is 14.4 Å². The van der Waals surface area contributed by atoms with Crippen LogP contribution < -0.4 is 10.7 Å². The molecule has 3 rings (SSSR count). The number of carbonyl (C=O) groups is 3. The highest BCUT2D eigenvalue weighted by Crippen LogP contribution is 2.26. The fraction of sp³-hybridized carbons (Fsp3) is 0.148. The van der Waals surface area contributed by atoms with E-state index in [1.54, 1.807) is 19.1 Å². The minimum Gasteiger partial charge on any atom is -0.461 e. The lowest BCUT2D eigenvalue weighted by molar-refractivity contribution is -0.135. The lowest BCUT2D eigenvalue weighted by Crippen LogP contribution is -2.28. The molecule has 0 unspecified atom stereocenters. The van der Waals surface area contributed by atoms with Gasteiger partial charge >= 0.3 is 5.97 Å². The summed E-state index contributed by atoms with van der Waals surface area (Å²) < 4.78 is 4.77. The van der Waals surface area contributed by atoms with Crippen LogP contribution in [0, 0.1) is 0 Å². The fourth-order valence-corrected chi connectivity index (χ4v) is 3.42. The Morgan fingerprint density at radius 1 is 0.889 bits per heavy atom. The Bertz CT molecular complexity index is 1220. The van der Waals surface area contributed by atoms with E-state index >= 15 is 0 Å². The summed E-state index contributed by atoms with van der Waals surface area (Å²) in [5, 5.41) is 18.6. The minimum atomic E-state index is -0.861. The molecule has 3 aromatic carbocycles. The van der Waals surface area contributed by atoms with Gasteiger partial charge in [0.2, 0.25) is 11.6 Å². The average Bonchev–Trinajstić information content (AvgIpc) is 2.89. The molecule has 0 radical (unpaired) electrons. The lowest BCUT2D eigenvalue weighted by atomic mass is 9.90. The first-order chi connectivity index (χ1) is 17.4. The van der Waals surface area contributed by atoms with Gasteiger partial charge in [-0.2, -0.15) is 5.10 Å². The Morgan fingerprint density at radius 3 is 1.94 bits per heavy atom. The number of carbonyl (C=O) groups excluding carboxylic acids is 3. The molecule has 9 heteroatoms. The normalized spacial score (nSPS) is 11.6. The van der Waals surface area contributed by atoms with E-state index in [4.69, 9.17) is 9.94 Å². The van der Waals surface area contributed by atoms with Crippen molar-refractivity contribution in [3.63, 3.8) is 0 Å². The van der Waals surface area contributed by atoms with Crippen LogP contribution in [-0.4, -0.2) is 41.0 Å². The van der Waals surface area contributed by atoms with Gasteiger partial charge in [-0.05, 0) is 49.2 Å². The lowest BCUT2D eigenvalue weighted by Gasteiger charge is -2.18. The predicted molar refractivity (Wildman–Crippen MR) is 136 cm³/mol. The number of rotatable bonds is 9. The summed E-state index contributed by atoms with van der Waals surface area (Å²) in [5.74, 6) is -2.13. The number of hydrogen-bond donors (Lipinski definition) is 3. The smallest absolute Gasteiger partial charge is 0.362 e. The number of nitrogens with zero attached hydrogens (tertiary/aromatic N) is 2. The number of amides is 2.